The van der Waals surface area contributed by atoms with Crippen molar-refractivity contribution in [3.63, 3.8) is 0 Å². The first-order valence-corrected chi connectivity index (χ1v) is 7.01. The van der Waals surface area contributed by atoms with Gasteiger partial charge in [0.2, 0.25) is 0 Å². The second-order valence-electron chi connectivity index (χ2n) is 5.66. The number of rotatable bonds is 4. The van der Waals surface area contributed by atoms with Crippen LogP contribution in [0.15, 0.2) is 16.9 Å². The topological polar surface area (TPSA) is 34.0 Å². The molecule has 0 bridgehead atoms. The van der Waals surface area contributed by atoms with Crippen molar-refractivity contribution in [2.45, 2.75) is 58.0 Å². The smallest absolute Gasteiger partial charge is 0.254 e. The quantitative estimate of drug-likeness (QED) is 0.888. The Morgan fingerprint density at radius 1 is 1.33 bits per heavy atom. The molecule has 1 aliphatic carbocycles. The first kappa shape index (κ1) is 13.3. The van der Waals surface area contributed by atoms with E-state index in [0.29, 0.717) is 18.5 Å². The van der Waals surface area contributed by atoms with Crippen molar-refractivity contribution in [2.75, 3.05) is 0 Å². The zero-order chi connectivity index (χ0) is 13.1. The van der Waals surface area contributed by atoms with Crippen molar-refractivity contribution in [1.29, 1.82) is 0 Å². The average Bonchev–Trinajstić information content (AvgIpc) is 2.83. The van der Waals surface area contributed by atoms with E-state index in [0.717, 1.165) is 11.3 Å². The third-order valence-electron chi connectivity index (χ3n) is 3.95. The van der Waals surface area contributed by atoms with Gasteiger partial charge in [0.05, 0.1) is 0 Å². The summed E-state index contributed by atoms with van der Waals surface area (Å²) in [5, 5.41) is 3.50. The number of pyridine rings is 1. The first-order chi connectivity index (χ1) is 8.59. The lowest BCUT2D eigenvalue weighted by atomic mass is 10.1. The summed E-state index contributed by atoms with van der Waals surface area (Å²) in [7, 11) is 1.87. The summed E-state index contributed by atoms with van der Waals surface area (Å²) in [6.07, 6.45) is 5.15. The fourth-order valence-corrected chi connectivity index (χ4v) is 2.80. The highest BCUT2D eigenvalue weighted by molar-refractivity contribution is 5.18. The van der Waals surface area contributed by atoms with E-state index in [1.54, 1.807) is 4.57 Å². The minimum Gasteiger partial charge on any atom is -0.315 e. The van der Waals surface area contributed by atoms with Crippen LogP contribution in [0, 0.1) is 0 Å². The van der Waals surface area contributed by atoms with Gasteiger partial charge in [-0.25, -0.2) is 0 Å². The molecule has 18 heavy (non-hydrogen) atoms. The molecule has 3 heteroatoms. The molecule has 1 fully saturated rings. The summed E-state index contributed by atoms with van der Waals surface area (Å²) >= 11 is 0. The van der Waals surface area contributed by atoms with Gasteiger partial charge in [0.1, 0.15) is 0 Å². The zero-order valence-electron chi connectivity index (χ0n) is 11.7. The molecule has 1 N–H and O–H groups in total. The highest BCUT2D eigenvalue weighted by Gasteiger charge is 2.15. The molecule has 0 aromatic carbocycles. The summed E-state index contributed by atoms with van der Waals surface area (Å²) in [5.74, 6) is 0.388. The summed E-state index contributed by atoms with van der Waals surface area (Å²) in [5.41, 5.74) is 2.13. The Balaban J connectivity index is 2.09. The Kier molecular flexibility index (Phi) is 4.23. The molecule has 100 valence electrons. The Labute approximate surface area is 109 Å². The standard InChI is InChI=1S/C15H24N2O/c1-11(2)14-9-8-12(15(18)17(14)3)10-16-13-6-4-5-7-13/h8-9,11,13,16H,4-7,10H2,1-3H3. The van der Waals surface area contributed by atoms with Crippen molar-refractivity contribution in [3.05, 3.63) is 33.7 Å². The van der Waals surface area contributed by atoms with Crippen LogP contribution in [0.4, 0.5) is 0 Å². The average molecular weight is 248 g/mol. The van der Waals surface area contributed by atoms with E-state index in [1.807, 2.05) is 13.1 Å². The lowest BCUT2D eigenvalue weighted by Gasteiger charge is -2.15. The molecule has 0 radical (unpaired) electrons. The maximum absolute atomic E-state index is 12.2. The molecule has 0 aliphatic heterocycles. The van der Waals surface area contributed by atoms with Gasteiger partial charge in [0.15, 0.2) is 0 Å². The highest BCUT2D eigenvalue weighted by atomic mass is 16.1. The Morgan fingerprint density at radius 2 is 2.00 bits per heavy atom. The number of nitrogens with one attached hydrogen (secondary N) is 1. The van der Waals surface area contributed by atoms with Crippen LogP contribution >= 0.6 is 0 Å². The largest absolute Gasteiger partial charge is 0.315 e. The maximum atomic E-state index is 12.2. The van der Waals surface area contributed by atoms with Crippen LogP contribution < -0.4 is 10.9 Å². The molecule has 1 aromatic heterocycles. The molecular formula is C15H24N2O. The van der Waals surface area contributed by atoms with Crippen molar-refractivity contribution in [3.8, 4) is 0 Å². The van der Waals surface area contributed by atoms with E-state index in [4.69, 9.17) is 0 Å². The van der Waals surface area contributed by atoms with Crippen LogP contribution in [-0.4, -0.2) is 10.6 Å². The molecule has 0 unspecified atom stereocenters. The van der Waals surface area contributed by atoms with E-state index >= 15 is 0 Å². The van der Waals surface area contributed by atoms with E-state index in [1.165, 1.54) is 25.7 Å². The van der Waals surface area contributed by atoms with Crippen molar-refractivity contribution >= 4 is 0 Å². The van der Waals surface area contributed by atoms with Crippen molar-refractivity contribution in [2.24, 2.45) is 7.05 Å². The number of aromatic nitrogens is 1. The molecule has 3 nitrogen and oxygen atoms in total. The Morgan fingerprint density at radius 3 is 2.61 bits per heavy atom. The van der Waals surface area contributed by atoms with E-state index in [2.05, 4.69) is 25.2 Å². The fourth-order valence-electron chi connectivity index (χ4n) is 2.80. The van der Waals surface area contributed by atoms with Crippen LogP contribution in [-0.2, 0) is 13.6 Å². The summed E-state index contributed by atoms with van der Waals surface area (Å²) in [6.45, 7) is 4.94. The van der Waals surface area contributed by atoms with Gasteiger partial charge >= 0.3 is 0 Å². The van der Waals surface area contributed by atoms with Gasteiger partial charge in [-0.1, -0.05) is 32.8 Å². The first-order valence-electron chi connectivity index (χ1n) is 7.01. The highest BCUT2D eigenvalue weighted by Crippen LogP contribution is 2.18. The monoisotopic (exact) mass is 248 g/mol. The molecule has 0 amide bonds. The lowest BCUT2D eigenvalue weighted by Crippen LogP contribution is -2.31. The normalized spacial score (nSPS) is 16.7. The third kappa shape index (κ3) is 2.83. The van der Waals surface area contributed by atoms with Gasteiger partial charge in [-0.15, -0.1) is 0 Å². The van der Waals surface area contributed by atoms with Gasteiger partial charge in [0, 0.05) is 30.9 Å². The second kappa shape index (κ2) is 5.70. The van der Waals surface area contributed by atoms with E-state index in [9.17, 15) is 4.79 Å². The third-order valence-corrected chi connectivity index (χ3v) is 3.95. The fraction of sp³-hybridized carbons (Fsp3) is 0.667. The molecule has 0 atom stereocenters. The van der Waals surface area contributed by atoms with Gasteiger partial charge in [-0.2, -0.15) is 0 Å². The minimum absolute atomic E-state index is 0.145. The Hall–Kier alpha value is -1.09. The van der Waals surface area contributed by atoms with E-state index in [-0.39, 0.29) is 5.56 Å². The minimum atomic E-state index is 0.145. The van der Waals surface area contributed by atoms with Gasteiger partial charge in [-0.3, -0.25) is 4.79 Å². The van der Waals surface area contributed by atoms with Gasteiger partial charge < -0.3 is 9.88 Å². The van der Waals surface area contributed by atoms with Crippen LogP contribution in [0.2, 0.25) is 0 Å². The molecule has 1 aromatic rings. The molecule has 1 heterocycles. The molecule has 2 rings (SSSR count). The van der Waals surface area contributed by atoms with Gasteiger partial charge in [0.25, 0.3) is 5.56 Å². The molecular weight excluding hydrogens is 224 g/mol. The van der Waals surface area contributed by atoms with Crippen LogP contribution in [0.5, 0.6) is 0 Å². The zero-order valence-corrected chi connectivity index (χ0v) is 11.7. The number of hydrogen-bond donors (Lipinski definition) is 1. The van der Waals surface area contributed by atoms with E-state index < -0.39 is 0 Å². The predicted octanol–water partition coefficient (Wildman–Crippen LogP) is 2.54. The molecule has 1 aliphatic rings. The van der Waals surface area contributed by atoms with Crippen molar-refractivity contribution in [1.82, 2.24) is 9.88 Å². The van der Waals surface area contributed by atoms with Gasteiger partial charge in [-0.05, 0) is 24.8 Å². The number of nitrogens with zero attached hydrogens (tertiary/aromatic N) is 1. The molecule has 0 spiro atoms. The van der Waals surface area contributed by atoms with Crippen LogP contribution in [0.3, 0.4) is 0 Å². The molecule has 0 saturated heterocycles. The summed E-state index contributed by atoms with van der Waals surface area (Å²) in [4.78, 5) is 12.2. The maximum Gasteiger partial charge on any atom is 0.254 e. The number of hydrogen-bond acceptors (Lipinski definition) is 2. The molecule has 1 saturated carbocycles. The lowest BCUT2D eigenvalue weighted by molar-refractivity contribution is 0.520. The Bertz CT molecular complexity index is 456. The van der Waals surface area contributed by atoms with Crippen molar-refractivity contribution < 1.29 is 0 Å². The van der Waals surface area contributed by atoms with Crippen LogP contribution in [0.25, 0.3) is 0 Å². The second-order valence-corrected chi connectivity index (χ2v) is 5.66. The summed E-state index contributed by atoms with van der Waals surface area (Å²) in [6, 6.07) is 4.68. The summed E-state index contributed by atoms with van der Waals surface area (Å²) < 4.78 is 1.79. The predicted molar refractivity (Wildman–Crippen MR) is 74.9 cm³/mol. The SMILES string of the molecule is CC(C)c1ccc(CNC2CCCC2)c(=O)n1C. The van der Waals surface area contributed by atoms with Crippen LogP contribution in [0.1, 0.15) is 56.7 Å².